The number of nitrogens with one attached hydrogen (secondary N) is 2. The maximum Gasteiger partial charge on any atom is 0.255 e. The lowest BCUT2D eigenvalue weighted by molar-refractivity contribution is 0.102. The zero-order valence-corrected chi connectivity index (χ0v) is 15.6. The molecule has 2 aromatic carbocycles. The Morgan fingerprint density at radius 1 is 0.929 bits per heavy atom. The molecule has 0 spiro atoms. The van der Waals surface area contributed by atoms with Gasteiger partial charge in [0.05, 0.1) is 0 Å². The fourth-order valence-corrected chi connectivity index (χ4v) is 3.36. The molecule has 2 N–H and O–H groups in total. The molecule has 0 saturated heterocycles. The van der Waals surface area contributed by atoms with Gasteiger partial charge in [0.25, 0.3) is 5.91 Å². The second-order valence-electron chi connectivity index (χ2n) is 6.95. The largest absolute Gasteiger partial charge is 0.457 e. The molecular formula is C23H23N3O2. The van der Waals surface area contributed by atoms with Crippen molar-refractivity contribution in [1.82, 2.24) is 4.98 Å². The average molecular weight is 373 g/mol. The van der Waals surface area contributed by atoms with Crippen molar-refractivity contribution >= 4 is 17.4 Å². The molecule has 0 aliphatic heterocycles. The lowest BCUT2D eigenvalue weighted by Crippen LogP contribution is -2.17. The zero-order valence-electron chi connectivity index (χ0n) is 15.6. The molecule has 1 saturated carbocycles. The molecule has 5 nitrogen and oxygen atoms in total. The van der Waals surface area contributed by atoms with Crippen molar-refractivity contribution in [1.29, 1.82) is 0 Å². The Bertz CT molecular complexity index is 920. The molecule has 1 heterocycles. The van der Waals surface area contributed by atoms with Gasteiger partial charge in [-0.15, -0.1) is 0 Å². The number of para-hydroxylation sites is 1. The SMILES string of the molecule is O=C(Nc1ccc(Oc2ccccc2)cc1)c1ccnc(NC2CCCC2)c1. The summed E-state index contributed by atoms with van der Waals surface area (Å²) in [6.45, 7) is 0. The number of rotatable bonds is 6. The Morgan fingerprint density at radius 3 is 2.39 bits per heavy atom. The van der Waals surface area contributed by atoms with Gasteiger partial charge in [0.2, 0.25) is 0 Å². The number of hydrogen-bond acceptors (Lipinski definition) is 4. The lowest BCUT2D eigenvalue weighted by atomic mass is 10.2. The van der Waals surface area contributed by atoms with E-state index in [1.807, 2.05) is 54.6 Å². The standard InChI is InChI=1S/C23H23N3O2/c27-23(17-14-15-24-22(16-17)25-18-6-4-5-7-18)26-19-10-12-21(13-11-19)28-20-8-2-1-3-9-20/h1-3,8-16,18H,4-7H2,(H,24,25)(H,26,27). The number of anilines is 2. The maximum absolute atomic E-state index is 12.6. The molecule has 28 heavy (non-hydrogen) atoms. The minimum atomic E-state index is -0.159. The van der Waals surface area contributed by atoms with E-state index in [0.717, 1.165) is 30.2 Å². The predicted molar refractivity (Wildman–Crippen MR) is 111 cm³/mol. The van der Waals surface area contributed by atoms with Crippen LogP contribution in [0.25, 0.3) is 0 Å². The van der Waals surface area contributed by atoms with Gasteiger partial charge in [-0.05, 0) is 61.4 Å². The van der Waals surface area contributed by atoms with E-state index in [2.05, 4.69) is 15.6 Å². The molecule has 4 rings (SSSR count). The molecule has 142 valence electrons. The molecule has 0 radical (unpaired) electrons. The number of carbonyl (C=O) groups is 1. The van der Waals surface area contributed by atoms with E-state index in [9.17, 15) is 4.79 Å². The number of amides is 1. The first-order chi connectivity index (χ1) is 13.8. The first-order valence-electron chi connectivity index (χ1n) is 9.63. The second kappa shape index (κ2) is 8.57. The molecule has 1 aliphatic carbocycles. The summed E-state index contributed by atoms with van der Waals surface area (Å²) in [6, 6.07) is 20.9. The third-order valence-electron chi connectivity index (χ3n) is 4.82. The van der Waals surface area contributed by atoms with Crippen LogP contribution in [-0.2, 0) is 0 Å². The van der Waals surface area contributed by atoms with Crippen LogP contribution in [0.1, 0.15) is 36.0 Å². The van der Waals surface area contributed by atoms with Crippen LogP contribution in [-0.4, -0.2) is 16.9 Å². The van der Waals surface area contributed by atoms with Crippen LogP contribution in [0, 0.1) is 0 Å². The summed E-state index contributed by atoms with van der Waals surface area (Å²) < 4.78 is 5.77. The van der Waals surface area contributed by atoms with E-state index in [0.29, 0.717) is 17.3 Å². The van der Waals surface area contributed by atoms with E-state index in [-0.39, 0.29) is 5.91 Å². The fraction of sp³-hybridized carbons (Fsp3) is 0.217. The summed E-state index contributed by atoms with van der Waals surface area (Å²) in [7, 11) is 0. The highest BCUT2D eigenvalue weighted by atomic mass is 16.5. The van der Waals surface area contributed by atoms with Crippen LogP contribution in [0.3, 0.4) is 0 Å². The van der Waals surface area contributed by atoms with E-state index >= 15 is 0 Å². The van der Waals surface area contributed by atoms with E-state index in [4.69, 9.17) is 4.74 Å². The van der Waals surface area contributed by atoms with Crippen LogP contribution in [0.4, 0.5) is 11.5 Å². The number of carbonyl (C=O) groups excluding carboxylic acids is 1. The maximum atomic E-state index is 12.6. The Hall–Kier alpha value is -3.34. The number of pyridine rings is 1. The highest BCUT2D eigenvalue weighted by Gasteiger charge is 2.15. The van der Waals surface area contributed by atoms with E-state index in [1.165, 1.54) is 12.8 Å². The lowest BCUT2D eigenvalue weighted by Gasteiger charge is -2.13. The van der Waals surface area contributed by atoms with Crippen molar-refractivity contribution < 1.29 is 9.53 Å². The molecule has 0 bridgehead atoms. The third kappa shape index (κ3) is 4.68. The predicted octanol–water partition coefficient (Wildman–Crippen LogP) is 5.48. The molecular weight excluding hydrogens is 350 g/mol. The van der Waals surface area contributed by atoms with Crippen molar-refractivity contribution in [2.75, 3.05) is 10.6 Å². The van der Waals surface area contributed by atoms with E-state index in [1.54, 1.807) is 18.3 Å². The average Bonchev–Trinajstić information content (AvgIpc) is 3.23. The zero-order chi connectivity index (χ0) is 19.2. The minimum absolute atomic E-state index is 0.159. The Labute approximate surface area is 164 Å². The van der Waals surface area contributed by atoms with E-state index < -0.39 is 0 Å². The van der Waals surface area contributed by atoms with Crippen molar-refractivity contribution in [2.45, 2.75) is 31.7 Å². The van der Waals surface area contributed by atoms with Crippen LogP contribution in [0.2, 0.25) is 0 Å². The summed E-state index contributed by atoms with van der Waals surface area (Å²) >= 11 is 0. The number of ether oxygens (including phenoxy) is 1. The number of nitrogens with zero attached hydrogens (tertiary/aromatic N) is 1. The van der Waals surface area contributed by atoms with Gasteiger partial charge in [-0.3, -0.25) is 4.79 Å². The van der Waals surface area contributed by atoms with Gasteiger partial charge in [0.15, 0.2) is 0 Å². The van der Waals surface area contributed by atoms with Crippen molar-refractivity contribution in [3.05, 3.63) is 78.5 Å². The first-order valence-corrected chi connectivity index (χ1v) is 9.63. The summed E-state index contributed by atoms with van der Waals surface area (Å²) in [5.74, 6) is 2.09. The monoisotopic (exact) mass is 373 g/mol. The normalized spacial score (nSPS) is 13.9. The number of benzene rings is 2. The molecule has 3 aromatic rings. The topological polar surface area (TPSA) is 63.2 Å². The van der Waals surface area contributed by atoms with Crippen LogP contribution in [0.15, 0.2) is 72.9 Å². The Morgan fingerprint density at radius 2 is 1.64 bits per heavy atom. The molecule has 1 aliphatic rings. The summed E-state index contributed by atoms with van der Waals surface area (Å²) in [4.78, 5) is 16.9. The van der Waals surface area contributed by atoms with Gasteiger partial charge in [-0.2, -0.15) is 0 Å². The highest BCUT2D eigenvalue weighted by Crippen LogP contribution is 2.24. The molecule has 1 fully saturated rings. The van der Waals surface area contributed by atoms with Crippen molar-refractivity contribution in [3.63, 3.8) is 0 Å². The number of hydrogen-bond donors (Lipinski definition) is 2. The van der Waals surface area contributed by atoms with Gasteiger partial charge >= 0.3 is 0 Å². The van der Waals surface area contributed by atoms with Gasteiger partial charge in [0, 0.05) is 23.5 Å². The molecule has 0 unspecified atom stereocenters. The highest BCUT2D eigenvalue weighted by molar-refractivity contribution is 6.04. The second-order valence-corrected chi connectivity index (χ2v) is 6.95. The van der Waals surface area contributed by atoms with Crippen LogP contribution < -0.4 is 15.4 Å². The molecule has 5 heteroatoms. The number of aromatic nitrogens is 1. The third-order valence-corrected chi connectivity index (χ3v) is 4.82. The quantitative estimate of drug-likeness (QED) is 0.600. The smallest absolute Gasteiger partial charge is 0.255 e. The van der Waals surface area contributed by atoms with Crippen LogP contribution >= 0.6 is 0 Å². The van der Waals surface area contributed by atoms with Crippen molar-refractivity contribution in [3.8, 4) is 11.5 Å². The van der Waals surface area contributed by atoms with Gasteiger partial charge in [-0.25, -0.2) is 4.98 Å². The van der Waals surface area contributed by atoms with Gasteiger partial charge < -0.3 is 15.4 Å². The van der Waals surface area contributed by atoms with Gasteiger partial charge in [-0.1, -0.05) is 31.0 Å². The summed E-state index contributed by atoms with van der Waals surface area (Å²) in [5.41, 5.74) is 1.30. The minimum Gasteiger partial charge on any atom is -0.457 e. The Balaban J connectivity index is 1.38. The fourth-order valence-electron chi connectivity index (χ4n) is 3.36. The molecule has 1 amide bonds. The summed E-state index contributed by atoms with van der Waals surface area (Å²) in [5, 5.41) is 6.34. The van der Waals surface area contributed by atoms with Crippen LogP contribution in [0.5, 0.6) is 11.5 Å². The Kier molecular flexibility index (Phi) is 5.52. The molecule has 1 aromatic heterocycles. The van der Waals surface area contributed by atoms with Crippen molar-refractivity contribution in [2.24, 2.45) is 0 Å². The van der Waals surface area contributed by atoms with Gasteiger partial charge in [0.1, 0.15) is 17.3 Å². The summed E-state index contributed by atoms with van der Waals surface area (Å²) in [6.07, 6.45) is 6.50. The first kappa shape index (κ1) is 18.0. The molecule has 0 atom stereocenters.